The van der Waals surface area contributed by atoms with Gasteiger partial charge in [-0.15, -0.1) is 0 Å². The summed E-state index contributed by atoms with van der Waals surface area (Å²) in [4.78, 5) is 4.39. The van der Waals surface area contributed by atoms with Crippen molar-refractivity contribution in [2.45, 2.75) is 37.1 Å². The highest BCUT2D eigenvalue weighted by Crippen LogP contribution is 2.56. The topological polar surface area (TPSA) is 42.4 Å². The van der Waals surface area contributed by atoms with Gasteiger partial charge < -0.3 is 9.84 Å². The normalized spacial score (nSPS) is 26.0. The van der Waals surface area contributed by atoms with Gasteiger partial charge in [-0.2, -0.15) is 0 Å². The zero-order chi connectivity index (χ0) is 17.5. The fraction of sp³-hybridized carbons (Fsp3) is 0.261. The number of fused-ring (bicyclic) bond motifs is 6. The summed E-state index contributed by atoms with van der Waals surface area (Å²) in [6, 6.07) is 22.6. The van der Waals surface area contributed by atoms with Crippen LogP contribution < -0.4 is 0 Å². The lowest BCUT2D eigenvalue weighted by atomic mass is 9.64. The van der Waals surface area contributed by atoms with Crippen LogP contribution in [-0.4, -0.2) is 10.1 Å². The number of aromatic nitrogens is 1. The minimum absolute atomic E-state index is 0.0156. The van der Waals surface area contributed by atoms with E-state index in [0.29, 0.717) is 6.61 Å². The molecule has 0 saturated carbocycles. The van der Waals surface area contributed by atoms with Gasteiger partial charge in [0, 0.05) is 18.0 Å². The minimum Gasteiger partial charge on any atom is -0.388 e. The second-order valence-corrected chi connectivity index (χ2v) is 7.20. The third-order valence-electron chi connectivity index (χ3n) is 5.81. The highest BCUT2D eigenvalue weighted by molar-refractivity contribution is 5.47. The first kappa shape index (κ1) is 15.7. The molecule has 3 heteroatoms. The van der Waals surface area contributed by atoms with Crippen LogP contribution in [0.4, 0.5) is 0 Å². The van der Waals surface area contributed by atoms with Crippen molar-refractivity contribution in [1.29, 1.82) is 0 Å². The summed E-state index contributed by atoms with van der Waals surface area (Å²) in [6.07, 6.45) is 2.26. The summed E-state index contributed by atoms with van der Waals surface area (Å²) >= 11 is 0. The van der Waals surface area contributed by atoms with E-state index in [1.807, 2.05) is 24.3 Å². The van der Waals surface area contributed by atoms with Gasteiger partial charge >= 0.3 is 0 Å². The maximum absolute atomic E-state index is 11.0. The van der Waals surface area contributed by atoms with Crippen LogP contribution in [0, 0.1) is 0 Å². The van der Waals surface area contributed by atoms with Crippen molar-refractivity contribution in [2.75, 3.05) is 0 Å². The predicted molar refractivity (Wildman–Crippen MR) is 99.7 cm³/mol. The molecule has 2 aliphatic rings. The van der Waals surface area contributed by atoms with Gasteiger partial charge in [-0.1, -0.05) is 54.6 Å². The Bertz CT molecular complexity index is 924. The smallest absolute Gasteiger partial charge is 0.0901 e. The van der Waals surface area contributed by atoms with Crippen LogP contribution >= 0.6 is 0 Å². The Balaban J connectivity index is 1.56. The first-order valence-electron chi connectivity index (χ1n) is 9.20. The molecule has 1 N–H and O–H groups in total. The van der Waals surface area contributed by atoms with E-state index >= 15 is 0 Å². The van der Waals surface area contributed by atoms with Crippen LogP contribution in [0.25, 0.3) is 0 Å². The molecular weight excluding hydrogens is 322 g/mol. The maximum atomic E-state index is 11.0. The first-order chi connectivity index (χ1) is 12.8. The number of nitrogens with zero attached hydrogens (tertiary/aromatic N) is 1. The van der Waals surface area contributed by atoms with Gasteiger partial charge in [0.1, 0.15) is 0 Å². The van der Waals surface area contributed by atoms with Crippen molar-refractivity contribution in [3.05, 3.63) is 101 Å². The Kier molecular flexibility index (Phi) is 3.84. The quantitative estimate of drug-likeness (QED) is 0.752. The van der Waals surface area contributed by atoms with Crippen molar-refractivity contribution in [1.82, 2.24) is 4.98 Å². The standard InChI is InChI=1S/C23H21NO2/c25-22-18-10-3-1-8-16(18)21-13-20(22)17-9-2-4-11-19(17)23(21)26-14-15-7-5-6-12-24-15/h1-12,20-23,25H,13-14H2/t20-,21-,22-,23-/m0/s1. The van der Waals surface area contributed by atoms with E-state index in [1.165, 1.54) is 16.7 Å². The molecule has 4 atom stereocenters. The molecule has 0 spiro atoms. The number of ether oxygens (including phenoxy) is 1. The van der Waals surface area contributed by atoms with Gasteiger partial charge in [-0.3, -0.25) is 4.98 Å². The van der Waals surface area contributed by atoms with Crippen molar-refractivity contribution in [2.24, 2.45) is 0 Å². The van der Waals surface area contributed by atoms with Gasteiger partial charge in [0.25, 0.3) is 0 Å². The molecule has 0 amide bonds. The summed E-state index contributed by atoms with van der Waals surface area (Å²) in [5.41, 5.74) is 5.64. The molecule has 0 aliphatic heterocycles. The van der Waals surface area contributed by atoms with Gasteiger partial charge in [0.15, 0.2) is 0 Å². The zero-order valence-corrected chi connectivity index (χ0v) is 14.5. The molecular formula is C23H21NO2. The van der Waals surface area contributed by atoms with Gasteiger partial charge in [-0.05, 0) is 40.8 Å². The van der Waals surface area contributed by atoms with Gasteiger partial charge in [0.2, 0.25) is 0 Å². The van der Waals surface area contributed by atoms with Gasteiger partial charge in [-0.25, -0.2) is 0 Å². The van der Waals surface area contributed by atoms with Crippen LogP contribution in [0.1, 0.15) is 58.4 Å². The average Bonchev–Trinajstić information content (AvgIpc) is 2.71. The van der Waals surface area contributed by atoms with E-state index in [2.05, 4.69) is 47.4 Å². The monoisotopic (exact) mass is 343 g/mol. The third-order valence-corrected chi connectivity index (χ3v) is 5.81. The Morgan fingerprint density at radius 3 is 2.19 bits per heavy atom. The Hall–Kier alpha value is -2.49. The number of aliphatic hydroxyl groups excluding tert-OH is 1. The maximum Gasteiger partial charge on any atom is 0.0901 e. The second-order valence-electron chi connectivity index (χ2n) is 7.20. The van der Waals surface area contributed by atoms with E-state index in [9.17, 15) is 5.11 Å². The van der Waals surface area contributed by atoms with Crippen LogP contribution in [0.2, 0.25) is 0 Å². The molecule has 0 saturated heterocycles. The number of benzene rings is 2. The SMILES string of the molecule is O[C@H]1c2ccccc2[C@@H]2C[C@H]1c1ccccc1[C@@H]2OCc1ccccn1. The molecule has 130 valence electrons. The number of aliphatic hydroxyl groups is 1. The molecule has 0 radical (unpaired) electrons. The Morgan fingerprint density at radius 2 is 1.46 bits per heavy atom. The lowest BCUT2D eigenvalue weighted by Gasteiger charge is -2.45. The molecule has 0 unspecified atom stereocenters. The van der Waals surface area contributed by atoms with Crippen molar-refractivity contribution in [3.8, 4) is 0 Å². The van der Waals surface area contributed by atoms with Crippen LogP contribution in [0.3, 0.4) is 0 Å². The number of pyridine rings is 1. The average molecular weight is 343 g/mol. The predicted octanol–water partition coefficient (Wildman–Crippen LogP) is 4.66. The molecule has 0 fully saturated rings. The number of rotatable bonds is 3. The fourth-order valence-electron chi connectivity index (χ4n) is 4.64. The van der Waals surface area contributed by atoms with E-state index in [0.717, 1.165) is 17.7 Å². The molecule has 26 heavy (non-hydrogen) atoms. The van der Waals surface area contributed by atoms with E-state index in [-0.39, 0.29) is 17.9 Å². The van der Waals surface area contributed by atoms with Crippen LogP contribution in [0.15, 0.2) is 72.9 Å². The number of hydrogen-bond acceptors (Lipinski definition) is 3. The lowest BCUT2D eigenvalue weighted by molar-refractivity contribution is -0.00601. The summed E-state index contributed by atoms with van der Waals surface area (Å²) in [5.74, 6) is 0.402. The lowest BCUT2D eigenvalue weighted by Crippen LogP contribution is -2.32. The van der Waals surface area contributed by atoms with E-state index in [4.69, 9.17) is 4.74 Å². The van der Waals surface area contributed by atoms with E-state index < -0.39 is 6.10 Å². The minimum atomic E-state index is -0.444. The van der Waals surface area contributed by atoms with Crippen molar-refractivity contribution >= 4 is 0 Å². The molecule has 1 aromatic heterocycles. The zero-order valence-electron chi connectivity index (χ0n) is 14.5. The molecule has 3 nitrogen and oxygen atoms in total. The summed E-state index contributed by atoms with van der Waals surface area (Å²) < 4.78 is 6.43. The van der Waals surface area contributed by atoms with Crippen LogP contribution in [-0.2, 0) is 11.3 Å². The molecule has 1 heterocycles. The highest BCUT2D eigenvalue weighted by Gasteiger charge is 2.44. The number of hydrogen-bond donors (Lipinski definition) is 1. The van der Waals surface area contributed by atoms with Crippen molar-refractivity contribution < 1.29 is 9.84 Å². The summed E-state index contributed by atoms with van der Waals surface area (Å²) in [5, 5.41) is 11.0. The molecule has 2 aromatic carbocycles. The first-order valence-corrected chi connectivity index (χ1v) is 9.20. The molecule has 5 rings (SSSR count). The highest BCUT2D eigenvalue weighted by atomic mass is 16.5. The summed E-state index contributed by atoms with van der Waals surface area (Å²) in [6.45, 7) is 0.492. The Labute approximate surface area is 153 Å². The molecule has 2 aliphatic carbocycles. The Morgan fingerprint density at radius 1 is 0.808 bits per heavy atom. The molecule has 3 aromatic rings. The molecule has 2 bridgehead atoms. The summed E-state index contributed by atoms with van der Waals surface area (Å²) in [7, 11) is 0. The van der Waals surface area contributed by atoms with E-state index in [1.54, 1.807) is 6.20 Å². The largest absolute Gasteiger partial charge is 0.388 e. The van der Waals surface area contributed by atoms with Crippen molar-refractivity contribution in [3.63, 3.8) is 0 Å². The fourth-order valence-corrected chi connectivity index (χ4v) is 4.64. The van der Waals surface area contributed by atoms with Gasteiger partial charge in [0.05, 0.1) is 24.5 Å². The second kappa shape index (κ2) is 6.35. The third kappa shape index (κ3) is 2.47. The van der Waals surface area contributed by atoms with Crippen LogP contribution in [0.5, 0.6) is 0 Å².